The Balaban J connectivity index is 2.24. The number of carbonyl (C=O) groups is 1. The molecular weight excluding hydrogens is 238 g/mol. The van der Waals surface area contributed by atoms with Gasteiger partial charge in [-0.1, -0.05) is 35.9 Å². The van der Waals surface area contributed by atoms with Crippen LogP contribution in [0, 0.1) is 6.92 Å². The van der Waals surface area contributed by atoms with Crippen molar-refractivity contribution in [3.8, 4) is 0 Å². The Morgan fingerprint density at radius 1 is 1.16 bits per heavy atom. The molecule has 2 rings (SSSR count). The van der Waals surface area contributed by atoms with Crippen molar-refractivity contribution in [1.82, 2.24) is 0 Å². The highest BCUT2D eigenvalue weighted by Gasteiger charge is 2.11. The fourth-order valence-electron chi connectivity index (χ4n) is 1.96. The minimum atomic E-state index is -0.617. The molecule has 1 unspecified atom stereocenters. The Kier molecular flexibility index (Phi) is 3.97. The molecule has 0 aliphatic rings. The summed E-state index contributed by atoms with van der Waals surface area (Å²) in [5, 5.41) is 12.5. The van der Waals surface area contributed by atoms with E-state index in [1.807, 2.05) is 37.3 Å². The average Bonchev–Trinajstić information content (AvgIpc) is 2.39. The number of hydrogen-bond acceptors (Lipinski definition) is 2. The van der Waals surface area contributed by atoms with E-state index in [2.05, 4.69) is 5.32 Å². The molecule has 1 atom stereocenters. The Bertz CT molecular complexity index is 591. The van der Waals surface area contributed by atoms with Gasteiger partial charge in [-0.3, -0.25) is 4.79 Å². The zero-order chi connectivity index (χ0) is 13.8. The second kappa shape index (κ2) is 5.67. The molecule has 0 saturated carbocycles. The fraction of sp³-hybridized carbons (Fsp3) is 0.188. The van der Waals surface area contributed by atoms with Gasteiger partial charge in [0.05, 0.1) is 6.10 Å². The van der Waals surface area contributed by atoms with Crippen LogP contribution in [-0.4, -0.2) is 11.0 Å². The number of para-hydroxylation sites is 1. The molecule has 3 heteroatoms. The predicted molar refractivity (Wildman–Crippen MR) is 76.2 cm³/mol. The molecule has 3 nitrogen and oxygen atoms in total. The van der Waals surface area contributed by atoms with Crippen molar-refractivity contribution in [3.63, 3.8) is 0 Å². The second-order valence-electron chi connectivity index (χ2n) is 4.59. The molecule has 0 radical (unpaired) electrons. The van der Waals surface area contributed by atoms with Crippen LogP contribution in [0.4, 0.5) is 5.69 Å². The number of anilines is 1. The minimum absolute atomic E-state index is 0.170. The van der Waals surface area contributed by atoms with Crippen molar-refractivity contribution >= 4 is 11.6 Å². The summed E-state index contributed by atoms with van der Waals surface area (Å²) in [5.74, 6) is -0.170. The molecule has 0 bridgehead atoms. The van der Waals surface area contributed by atoms with Crippen molar-refractivity contribution in [2.45, 2.75) is 20.0 Å². The van der Waals surface area contributed by atoms with Crippen LogP contribution in [0.3, 0.4) is 0 Å². The Hall–Kier alpha value is -2.13. The molecule has 0 aliphatic heterocycles. The molecule has 0 aromatic heterocycles. The summed E-state index contributed by atoms with van der Waals surface area (Å²) in [6.45, 7) is 3.62. The van der Waals surface area contributed by atoms with Gasteiger partial charge in [0.2, 0.25) is 0 Å². The minimum Gasteiger partial charge on any atom is -0.389 e. The maximum absolute atomic E-state index is 12.1. The number of aliphatic hydroxyl groups is 1. The first-order valence-electron chi connectivity index (χ1n) is 6.23. The molecule has 2 aromatic rings. The van der Waals surface area contributed by atoms with Crippen LogP contribution in [-0.2, 0) is 0 Å². The molecule has 0 heterocycles. The average molecular weight is 255 g/mol. The maximum Gasteiger partial charge on any atom is 0.255 e. The quantitative estimate of drug-likeness (QED) is 0.884. The van der Waals surface area contributed by atoms with Gasteiger partial charge in [0.1, 0.15) is 0 Å². The maximum atomic E-state index is 12.1. The van der Waals surface area contributed by atoms with E-state index in [9.17, 15) is 9.90 Å². The van der Waals surface area contributed by atoms with Gasteiger partial charge in [-0.15, -0.1) is 0 Å². The first-order chi connectivity index (χ1) is 9.08. The highest BCUT2D eigenvalue weighted by Crippen LogP contribution is 2.22. The van der Waals surface area contributed by atoms with E-state index in [4.69, 9.17) is 0 Å². The van der Waals surface area contributed by atoms with Crippen LogP contribution in [0.1, 0.15) is 34.5 Å². The summed E-state index contributed by atoms with van der Waals surface area (Å²) < 4.78 is 0. The summed E-state index contributed by atoms with van der Waals surface area (Å²) in [6, 6.07) is 14.7. The molecule has 0 saturated heterocycles. The summed E-state index contributed by atoms with van der Waals surface area (Å²) in [5.41, 5.74) is 3.00. The predicted octanol–water partition coefficient (Wildman–Crippen LogP) is 3.30. The topological polar surface area (TPSA) is 49.3 Å². The molecule has 0 spiro atoms. The van der Waals surface area contributed by atoms with Crippen LogP contribution in [0.25, 0.3) is 0 Å². The van der Waals surface area contributed by atoms with E-state index < -0.39 is 6.10 Å². The number of nitrogens with one attached hydrogen (secondary N) is 1. The molecule has 0 aliphatic carbocycles. The van der Waals surface area contributed by atoms with E-state index in [0.29, 0.717) is 16.8 Å². The van der Waals surface area contributed by atoms with E-state index in [0.717, 1.165) is 5.56 Å². The van der Waals surface area contributed by atoms with E-state index in [-0.39, 0.29) is 5.91 Å². The van der Waals surface area contributed by atoms with Gasteiger partial charge in [-0.25, -0.2) is 0 Å². The normalized spacial score (nSPS) is 11.9. The fourth-order valence-corrected chi connectivity index (χ4v) is 1.96. The van der Waals surface area contributed by atoms with Crippen molar-refractivity contribution in [2.75, 3.05) is 5.32 Å². The number of rotatable bonds is 3. The zero-order valence-electron chi connectivity index (χ0n) is 11.1. The van der Waals surface area contributed by atoms with Crippen molar-refractivity contribution in [2.24, 2.45) is 0 Å². The lowest BCUT2D eigenvalue weighted by atomic mass is 10.1. The van der Waals surface area contributed by atoms with Crippen molar-refractivity contribution in [3.05, 3.63) is 65.2 Å². The number of carbonyl (C=O) groups excluding carboxylic acids is 1. The molecule has 0 fully saturated rings. The first-order valence-corrected chi connectivity index (χ1v) is 6.23. The molecule has 2 N–H and O–H groups in total. The van der Waals surface area contributed by atoms with Gasteiger partial charge in [0, 0.05) is 16.8 Å². The van der Waals surface area contributed by atoms with E-state index in [1.54, 1.807) is 25.1 Å². The zero-order valence-corrected chi connectivity index (χ0v) is 11.1. The van der Waals surface area contributed by atoms with Gasteiger partial charge < -0.3 is 10.4 Å². The molecule has 2 aromatic carbocycles. The standard InChI is InChI=1S/C16H17NO2/c1-11-6-5-7-13(10-11)16(19)17-15-9-4-3-8-14(15)12(2)18/h3-10,12,18H,1-2H3,(H,17,19). The van der Waals surface area contributed by atoms with Crippen LogP contribution in [0.2, 0.25) is 0 Å². The Morgan fingerprint density at radius 3 is 2.58 bits per heavy atom. The summed E-state index contributed by atoms with van der Waals surface area (Å²) in [4.78, 5) is 12.1. The third-order valence-electron chi connectivity index (χ3n) is 2.94. The first kappa shape index (κ1) is 13.3. The number of hydrogen-bond donors (Lipinski definition) is 2. The number of aryl methyl sites for hydroxylation is 1. The lowest BCUT2D eigenvalue weighted by Crippen LogP contribution is -2.14. The smallest absolute Gasteiger partial charge is 0.255 e. The van der Waals surface area contributed by atoms with Crippen LogP contribution in [0.5, 0.6) is 0 Å². The summed E-state index contributed by atoms with van der Waals surface area (Å²) >= 11 is 0. The monoisotopic (exact) mass is 255 g/mol. The third-order valence-corrected chi connectivity index (χ3v) is 2.94. The third kappa shape index (κ3) is 3.20. The van der Waals surface area contributed by atoms with E-state index >= 15 is 0 Å². The number of amides is 1. The van der Waals surface area contributed by atoms with Crippen LogP contribution in [0.15, 0.2) is 48.5 Å². The van der Waals surface area contributed by atoms with Crippen molar-refractivity contribution in [1.29, 1.82) is 0 Å². The molecular formula is C16H17NO2. The van der Waals surface area contributed by atoms with Gasteiger partial charge in [0.25, 0.3) is 5.91 Å². The lowest BCUT2D eigenvalue weighted by molar-refractivity contribution is 0.102. The van der Waals surface area contributed by atoms with Gasteiger partial charge in [-0.05, 0) is 32.0 Å². The highest BCUT2D eigenvalue weighted by atomic mass is 16.3. The second-order valence-corrected chi connectivity index (χ2v) is 4.59. The molecule has 1 amide bonds. The van der Waals surface area contributed by atoms with Crippen LogP contribution < -0.4 is 5.32 Å². The van der Waals surface area contributed by atoms with E-state index in [1.165, 1.54) is 0 Å². The highest BCUT2D eigenvalue weighted by molar-refractivity contribution is 6.04. The Labute approximate surface area is 112 Å². The number of benzene rings is 2. The van der Waals surface area contributed by atoms with Crippen LogP contribution >= 0.6 is 0 Å². The van der Waals surface area contributed by atoms with Crippen molar-refractivity contribution < 1.29 is 9.90 Å². The summed E-state index contributed by atoms with van der Waals surface area (Å²) in [6.07, 6.45) is -0.617. The van der Waals surface area contributed by atoms with Gasteiger partial charge in [0.15, 0.2) is 0 Å². The Morgan fingerprint density at radius 2 is 1.89 bits per heavy atom. The summed E-state index contributed by atoms with van der Waals surface area (Å²) in [7, 11) is 0. The van der Waals surface area contributed by atoms with Gasteiger partial charge >= 0.3 is 0 Å². The molecule has 98 valence electrons. The SMILES string of the molecule is Cc1cccc(C(=O)Nc2ccccc2C(C)O)c1. The van der Waals surface area contributed by atoms with Gasteiger partial charge in [-0.2, -0.15) is 0 Å². The largest absolute Gasteiger partial charge is 0.389 e. The number of aliphatic hydroxyl groups excluding tert-OH is 1. The lowest BCUT2D eigenvalue weighted by Gasteiger charge is -2.13. The molecule has 19 heavy (non-hydrogen) atoms.